The predicted molar refractivity (Wildman–Crippen MR) is 168 cm³/mol. The number of nitrogens with zero attached hydrogens (tertiary/aromatic N) is 2. The number of carbonyl (C=O) groups excluding carboxylic acids is 2. The first kappa shape index (κ1) is 29.6. The second kappa shape index (κ2) is 13.4. The minimum Gasteiger partial charge on any atom is -0.494 e. The van der Waals surface area contributed by atoms with Crippen molar-refractivity contribution in [2.24, 2.45) is 0 Å². The molecule has 1 N–H and O–H groups in total. The lowest BCUT2D eigenvalue weighted by Gasteiger charge is -2.44. The third-order valence-electron chi connectivity index (χ3n) is 8.67. The monoisotopic (exact) mass is 565 g/mol. The first-order chi connectivity index (χ1) is 20.3. The van der Waals surface area contributed by atoms with Crippen LogP contribution in [0.5, 0.6) is 5.75 Å². The summed E-state index contributed by atoms with van der Waals surface area (Å²) < 4.78 is 5.98. The molecule has 2 aliphatic rings. The van der Waals surface area contributed by atoms with Crippen LogP contribution in [-0.2, 0) is 22.4 Å². The molecular weight excluding hydrogens is 522 g/mol. The first-order valence-electron chi connectivity index (χ1n) is 15.1. The number of hydrogen-bond acceptors (Lipinski definition) is 4. The third kappa shape index (κ3) is 7.11. The van der Waals surface area contributed by atoms with E-state index in [-0.39, 0.29) is 23.9 Å². The molecule has 1 saturated heterocycles. The molecule has 42 heavy (non-hydrogen) atoms. The highest BCUT2D eigenvalue weighted by Gasteiger charge is 2.39. The van der Waals surface area contributed by atoms with E-state index in [0.29, 0.717) is 26.2 Å². The smallest absolute Gasteiger partial charge is 0.251 e. The van der Waals surface area contributed by atoms with Crippen molar-refractivity contribution in [2.75, 3.05) is 33.3 Å². The SMILES string of the molecule is CC(=O)N1C[C@H]2CC(c3ccc(CCCOc4ccc(C)c(C)c4)cc3)=C(C(=O)N(C)CCc3ccccc3)[C@@H](C1)N2. The summed E-state index contributed by atoms with van der Waals surface area (Å²) in [6.07, 6.45) is 3.38. The molecule has 2 atom stereocenters. The summed E-state index contributed by atoms with van der Waals surface area (Å²) in [5.41, 5.74) is 7.98. The number of rotatable bonds is 10. The summed E-state index contributed by atoms with van der Waals surface area (Å²) >= 11 is 0. The summed E-state index contributed by atoms with van der Waals surface area (Å²) in [6, 6.07) is 25.1. The fourth-order valence-electron chi connectivity index (χ4n) is 6.02. The van der Waals surface area contributed by atoms with Gasteiger partial charge in [0.25, 0.3) is 5.91 Å². The lowest BCUT2D eigenvalue weighted by atomic mass is 9.82. The van der Waals surface area contributed by atoms with E-state index in [1.165, 1.54) is 22.3 Å². The summed E-state index contributed by atoms with van der Waals surface area (Å²) in [4.78, 5) is 30.0. The average molecular weight is 566 g/mol. The van der Waals surface area contributed by atoms with Gasteiger partial charge in [0.05, 0.1) is 12.6 Å². The molecule has 0 spiro atoms. The quantitative estimate of drug-likeness (QED) is 0.336. The van der Waals surface area contributed by atoms with Crippen LogP contribution in [0.25, 0.3) is 5.57 Å². The summed E-state index contributed by atoms with van der Waals surface area (Å²) in [7, 11) is 1.89. The number of fused-ring (bicyclic) bond motifs is 2. The molecule has 6 nitrogen and oxygen atoms in total. The van der Waals surface area contributed by atoms with Crippen LogP contribution >= 0.6 is 0 Å². The Morgan fingerprint density at radius 1 is 0.929 bits per heavy atom. The van der Waals surface area contributed by atoms with Gasteiger partial charge in [0.2, 0.25) is 5.91 Å². The normalized spacial score (nSPS) is 18.1. The Hall–Kier alpha value is -3.90. The molecule has 2 bridgehead atoms. The number of aryl methyl sites for hydroxylation is 3. The Morgan fingerprint density at radius 3 is 2.38 bits per heavy atom. The molecule has 0 aliphatic carbocycles. The highest BCUT2D eigenvalue weighted by atomic mass is 16.5. The maximum absolute atomic E-state index is 14.0. The van der Waals surface area contributed by atoms with E-state index < -0.39 is 0 Å². The van der Waals surface area contributed by atoms with Gasteiger partial charge in [-0.1, -0.05) is 60.7 Å². The Balaban J connectivity index is 1.29. The van der Waals surface area contributed by atoms with Gasteiger partial charge in [-0.2, -0.15) is 0 Å². The molecule has 2 amide bonds. The molecule has 6 heteroatoms. The van der Waals surface area contributed by atoms with Crippen molar-refractivity contribution in [1.82, 2.24) is 15.1 Å². The maximum atomic E-state index is 14.0. The summed E-state index contributed by atoms with van der Waals surface area (Å²) in [5.74, 6) is 1.02. The van der Waals surface area contributed by atoms with Crippen LogP contribution < -0.4 is 10.1 Å². The zero-order valence-electron chi connectivity index (χ0n) is 25.4. The van der Waals surface area contributed by atoms with E-state index in [9.17, 15) is 9.59 Å². The largest absolute Gasteiger partial charge is 0.494 e. The maximum Gasteiger partial charge on any atom is 0.251 e. The van der Waals surface area contributed by atoms with Crippen molar-refractivity contribution in [1.29, 1.82) is 0 Å². The van der Waals surface area contributed by atoms with E-state index >= 15 is 0 Å². The van der Waals surface area contributed by atoms with Crippen LogP contribution in [0.3, 0.4) is 0 Å². The van der Waals surface area contributed by atoms with Crippen LogP contribution in [0, 0.1) is 13.8 Å². The average Bonchev–Trinajstić information content (AvgIpc) is 3.00. The van der Waals surface area contributed by atoms with Crippen LogP contribution in [0.1, 0.15) is 47.6 Å². The van der Waals surface area contributed by atoms with Crippen molar-refractivity contribution < 1.29 is 14.3 Å². The molecule has 0 aromatic heterocycles. The van der Waals surface area contributed by atoms with Gasteiger partial charge in [0.1, 0.15) is 5.75 Å². The highest BCUT2D eigenvalue weighted by molar-refractivity contribution is 6.03. The molecule has 5 rings (SSSR count). The van der Waals surface area contributed by atoms with Gasteiger partial charge in [-0.15, -0.1) is 0 Å². The van der Waals surface area contributed by atoms with Crippen LogP contribution in [0.2, 0.25) is 0 Å². The number of amides is 2. The predicted octanol–water partition coefficient (Wildman–Crippen LogP) is 5.36. The lowest BCUT2D eigenvalue weighted by Crippen LogP contribution is -2.61. The fourth-order valence-corrected chi connectivity index (χ4v) is 6.02. The molecule has 220 valence electrons. The molecule has 0 unspecified atom stereocenters. The number of benzene rings is 3. The second-order valence-corrected chi connectivity index (χ2v) is 11.8. The standard InChI is InChI=1S/C36H43N3O3/c1-25-12-17-32(21-26(25)2)42-20-8-11-29-13-15-30(16-14-29)33-22-31-23-39(27(3)40)24-34(37-31)35(33)36(41)38(4)19-18-28-9-6-5-7-10-28/h5-7,9-10,12-17,21,31,34,37H,8,11,18-20,22-24H2,1-4H3/t31-,34-/m1/s1. The third-order valence-corrected chi connectivity index (χ3v) is 8.67. The Bertz CT molecular complexity index is 1430. The Kier molecular flexibility index (Phi) is 9.43. The van der Waals surface area contributed by atoms with Gasteiger partial charge in [0, 0.05) is 45.2 Å². The van der Waals surface area contributed by atoms with Gasteiger partial charge in [-0.3, -0.25) is 9.59 Å². The lowest BCUT2D eigenvalue weighted by molar-refractivity contribution is -0.132. The zero-order chi connectivity index (χ0) is 29.6. The molecule has 1 fully saturated rings. The van der Waals surface area contributed by atoms with Gasteiger partial charge >= 0.3 is 0 Å². The Labute approximate surface area is 250 Å². The fraction of sp³-hybridized carbons (Fsp3) is 0.389. The van der Waals surface area contributed by atoms with Gasteiger partial charge in [-0.25, -0.2) is 0 Å². The second-order valence-electron chi connectivity index (χ2n) is 11.8. The molecule has 2 aliphatic heterocycles. The van der Waals surface area contributed by atoms with Crippen LogP contribution in [0.4, 0.5) is 0 Å². The first-order valence-corrected chi connectivity index (χ1v) is 15.1. The van der Waals surface area contributed by atoms with Crippen molar-refractivity contribution in [2.45, 2.75) is 58.5 Å². The number of piperazine rings is 1. The van der Waals surface area contributed by atoms with E-state index in [1.54, 1.807) is 6.92 Å². The zero-order valence-corrected chi connectivity index (χ0v) is 25.4. The van der Waals surface area contributed by atoms with Crippen molar-refractivity contribution >= 4 is 17.4 Å². The molecule has 3 aromatic rings. The summed E-state index contributed by atoms with van der Waals surface area (Å²) in [5, 5.41) is 3.65. The Morgan fingerprint density at radius 2 is 1.67 bits per heavy atom. The van der Waals surface area contributed by atoms with Crippen molar-refractivity contribution in [3.8, 4) is 5.75 Å². The molecule has 0 saturated carbocycles. The summed E-state index contributed by atoms with van der Waals surface area (Å²) in [6.45, 7) is 8.32. The minimum atomic E-state index is -0.176. The highest BCUT2D eigenvalue weighted by Crippen LogP contribution is 2.34. The van der Waals surface area contributed by atoms with E-state index in [4.69, 9.17) is 4.74 Å². The van der Waals surface area contributed by atoms with Gasteiger partial charge < -0.3 is 19.9 Å². The van der Waals surface area contributed by atoms with Crippen molar-refractivity contribution in [3.05, 3.63) is 106 Å². The molecule has 3 aromatic carbocycles. The molecular formula is C36H43N3O3. The number of hydrogen-bond donors (Lipinski definition) is 1. The molecule has 0 radical (unpaired) electrons. The number of nitrogens with one attached hydrogen (secondary N) is 1. The topological polar surface area (TPSA) is 61.9 Å². The number of ether oxygens (including phenoxy) is 1. The number of likely N-dealkylation sites (N-methyl/N-ethyl adjacent to an activating group) is 1. The molecule has 2 heterocycles. The van der Waals surface area contributed by atoms with Gasteiger partial charge in [0.15, 0.2) is 0 Å². The number of carbonyl (C=O) groups is 2. The van der Waals surface area contributed by atoms with E-state index in [0.717, 1.165) is 48.1 Å². The van der Waals surface area contributed by atoms with Crippen molar-refractivity contribution in [3.63, 3.8) is 0 Å². The minimum absolute atomic E-state index is 0.0369. The van der Waals surface area contributed by atoms with Crippen LogP contribution in [-0.4, -0.2) is 67.0 Å². The van der Waals surface area contributed by atoms with E-state index in [2.05, 4.69) is 67.7 Å². The van der Waals surface area contributed by atoms with E-state index in [1.807, 2.05) is 41.1 Å². The van der Waals surface area contributed by atoms with Gasteiger partial charge in [-0.05, 0) is 85.1 Å². The van der Waals surface area contributed by atoms with Crippen LogP contribution in [0.15, 0.2) is 78.4 Å².